The maximum Gasteiger partial charge on any atom is 0.416 e. The highest BCUT2D eigenvalue weighted by Gasteiger charge is 2.30. The lowest BCUT2D eigenvalue weighted by Gasteiger charge is -2.27. The Balaban J connectivity index is 1.55. The molecular weight excluding hydrogens is 639 g/mol. The molecule has 0 aliphatic heterocycles. The smallest absolute Gasteiger partial charge is 0.335 e. The number of amides is 1. The fraction of sp³-hybridized carbons (Fsp3) is 0.333. The monoisotopic (exact) mass is 673 g/mol. The molecule has 4 rings (SSSR count). The lowest BCUT2D eigenvalue weighted by Crippen LogP contribution is -2.40. The van der Waals surface area contributed by atoms with Crippen LogP contribution in [0.15, 0.2) is 87.9 Å². The molecule has 2 aromatic heterocycles. The molecule has 0 saturated carbocycles. The second-order valence-corrected chi connectivity index (χ2v) is 12.2. The van der Waals surface area contributed by atoms with Gasteiger partial charge in [-0.15, -0.1) is 11.8 Å². The van der Waals surface area contributed by atoms with Gasteiger partial charge in [-0.3, -0.25) is 14.6 Å². The van der Waals surface area contributed by atoms with Crippen LogP contribution >= 0.6 is 23.5 Å². The van der Waals surface area contributed by atoms with Crippen LogP contribution in [-0.2, 0) is 29.8 Å². The molecular formula is C33H35F4N5O2S2. The third-order valence-electron chi connectivity index (χ3n) is 7.37. The van der Waals surface area contributed by atoms with Gasteiger partial charge in [-0.05, 0) is 60.8 Å². The van der Waals surface area contributed by atoms with E-state index in [1.54, 1.807) is 46.3 Å². The van der Waals surface area contributed by atoms with Crippen molar-refractivity contribution in [3.8, 4) is 11.3 Å². The van der Waals surface area contributed by atoms with Crippen LogP contribution in [0.4, 0.5) is 17.6 Å². The van der Waals surface area contributed by atoms with Crippen LogP contribution < -0.4 is 5.56 Å². The van der Waals surface area contributed by atoms with E-state index in [1.165, 1.54) is 47.8 Å². The summed E-state index contributed by atoms with van der Waals surface area (Å²) in [4.78, 5) is 39.6. The Labute approximate surface area is 274 Å². The lowest BCUT2D eigenvalue weighted by molar-refractivity contribution is -0.137. The average molecular weight is 674 g/mol. The van der Waals surface area contributed by atoms with E-state index in [-0.39, 0.29) is 30.4 Å². The summed E-state index contributed by atoms with van der Waals surface area (Å²) < 4.78 is 54.0. The van der Waals surface area contributed by atoms with Crippen LogP contribution in [0.5, 0.6) is 0 Å². The van der Waals surface area contributed by atoms with Crippen molar-refractivity contribution in [1.82, 2.24) is 24.3 Å². The summed E-state index contributed by atoms with van der Waals surface area (Å²) >= 11 is 2.54. The Morgan fingerprint density at radius 1 is 0.935 bits per heavy atom. The number of thioether (sulfide) groups is 2. The third-order valence-corrected chi connectivity index (χ3v) is 9.15. The Bertz CT molecular complexity index is 1640. The Morgan fingerprint density at radius 2 is 1.61 bits per heavy atom. The fourth-order valence-electron chi connectivity index (χ4n) is 4.63. The van der Waals surface area contributed by atoms with Crippen molar-refractivity contribution < 1.29 is 22.4 Å². The van der Waals surface area contributed by atoms with Gasteiger partial charge in [0.15, 0.2) is 5.16 Å². The summed E-state index contributed by atoms with van der Waals surface area (Å²) in [6.45, 7) is 7.08. The molecule has 0 saturated heterocycles. The molecule has 0 fully saturated rings. The number of alkyl halides is 3. The number of carbonyl (C=O) groups excluding carboxylic acids is 1. The Morgan fingerprint density at radius 3 is 2.20 bits per heavy atom. The third kappa shape index (κ3) is 9.66. The summed E-state index contributed by atoms with van der Waals surface area (Å²) in [5.74, 6) is -0.0876. The zero-order valence-corrected chi connectivity index (χ0v) is 27.4. The molecule has 0 bridgehead atoms. The number of hydrogen-bond acceptors (Lipinski definition) is 7. The molecule has 0 unspecified atom stereocenters. The van der Waals surface area contributed by atoms with Crippen molar-refractivity contribution in [1.29, 1.82) is 0 Å². The maximum absolute atomic E-state index is 13.9. The molecule has 4 aromatic rings. The van der Waals surface area contributed by atoms with E-state index < -0.39 is 11.7 Å². The van der Waals surface area contributed by atoms with E-state index in [2.05, 4.69) is 28.7 Å². The molecule has 2 heterocycles. The standard InChI is InChI=1S/C33H35F4N5O2S2/c1-4-40(5-2)16-17-41(19-24-8-15-28(38-18-24)25-9-11-26(12-10-25)33(35,36)37)30(43)21-42-20-29(45-3)31(44)39-32(42)46-22-23-6-13-27(34)14-7-23/h6-15,18,20H,4-5,16-17,19,21-22H2,1-3H3. The molecule has 1 amide bonds. The minimum Gasteiger partial charge on any atom is -0.335 e. The van der Waals surface area contributed by atoms with Crippen LogP contribution in [0.1, 0.15) is 30.5 Å². The van der Waals surface area contributed by atoms with Gasteiger partial charge >= 0.3 is 6.18 Å². The van der Waals surface area contributed by atoms with Gasteiger partial charge in [-0.2, -0.15) is 18.2 Å². The first-order valence-corrected chi connectivity index (χ1v) is 16.9. The number of rotatable bonds is 14. The normalized spacial score (nSPS) is 11.7. The number of nitrogens with zero attached hydrogens (tertiary/aromatic N) is 5. The molecule has 0 atom stereocenters. The molecule has 46 heavy (non-hydrogen) atoms. The lowest BCUT2D eigenvalue weighted by atomic mass is 10.1. The van der Waals surface area contributed by atoms with Crippen molar-refractivity contribution in [2.45, 2.75) is 48.9 Å². The van der Waals surface area contributed by atoms with Crippen LogP contribution in [0.25, 0.3) is 11.3 Å². The Hall–Kier alpha value is -3.68. The predicted octanol–water partition coefficient (Wildman–Crippen LogP) is 6.85. The number of likely N-dealkylation sites (N-methyl/N-ethyl adjacent to an activating group) is 1. The maximum atomic E-state index is 13.9. The van der Waals surface area contributed by atoms with E-state index in [1.807, 2.05) is 6.07 Å². The van der Waals surface area contributed by atoms with E-state index >= 15 is 0 Å². The largest absolute Gasteiger partial charge is 0.416 e. The summed E-state index contributed by atoms with van der Waals surface area (Å²) in [5, 5.41) is 0.381. The van der Waals surface area contributed by atoms with Crippen molar-refractivity contribution in [3.05, 3.63) is 106 Å². The summed E-state index contributed by atoms with van der Waals surface area (Å²) in [6, 6.07) is 14.4. The first-order chi connectivity index (χ1) is 22.0. The van der Waals surface area contributed by atoms with Crippen LogP contribution in [0, 0.1) is 5.82 Å². The molecule has 0 radical (unpaired) electrons. The van der Waals surface area contributed by atoms with Gasteiger partial charge in [0.25, 0.3) is 5.56 Å². The van der Waals surface area contributed by atoms with Crippen molar-refractivity contribution in [3.63, 3.8) is 0 Å². The van der Waals surface area contributed by atoms with Gasteiger partial charge in [0.05, 0.1) is 16.2 Å². The molecule has 244 valence electrons. The number of hydrogen-bond donors (Lipinski definition) is 0. The van der Waals surface area contributed by atoms with Crippen molar-refractivity contribution in [2.75, 3.05) is 32.4 Å². The molecule has 0 spiro atoms. The van der Waals surface area contributed by atoms with Crippen molar-refractivity contribution >= 4 is 29.4 Å². The summed E-state index contributed by atoms with van der Waals surface area (Å²) in [7, 11) is 0. The molecule has 2 aromatic carbocycles. The molecule has 0 aliphatic carbocycles. The second-order valence-electron chi connectivity index (χ2n) is 10.4. The fourth-order valence-corrected chi connectivity index (χ4v) is 6.01. The van der Waals surface area contributed by atoms with Crippen LogP contribution in [0.2, 0.25) is 0 Å². The van der Waals surface area contributed by atoms with Gasteiger partial charge in [-0.25, -0.2) is 4.39 Å². The minimum absolute atomic E-state index is 0.0537. The van der Waals surface area contributed by atoms with E-state index in [9.17, 15) is 27.2 Å². The number of aromatic nitrogens is 3. The zero-order valence-electron chi connectivity index (χ0n) is 25.8. The quantitative estimate of drug-likeness (QED) is 0.0824. The van der Waals surface area contributed by atoms with Gasteiger partial charge in [-0.1, -0.05) is 55.9 Å². The molecule has 0 N–H and O–H groups in total. The van der Waals surface area contributed by atoms with Crippen LogP contribution in [-0.4, -0.2) is 62.7 Å². The van der Waals surface area contributed by atoms with Gasteiger partial charge in [0.1, 0.15) is 12.4 Å². The van der Waals surface area contributed by atoms with E-state index in [0.717, 1.165) is 36.3 Å². The average Bonchev–Trinajstić information content (AvgIpc) is 3.05. The highest BCUT2D eigenvalue weighted by molar-refractivity contribution is 7.98. The summed E-state index contributed by atoms with van der Waals surface area (Å²) in [5.41, 5.74) is 1.57. The molecule has 7 nitrogen and oxygen atoms in total. The topological polar surface area (TPSA) is 71.3 Å². The number of carbonyl (C=O) groups is 1. The SMILES string of the molecule is CCN(CC)CCN(Cc1ccc(-c2ccc(C(F)(F)F)cc2)nc1)C(=O)Cn1cc(SC)c(=O)nc1SCc1ccc(F)cc1. The second kappa shape index (κ2) is 16.2. The van der Waals surface area contributed by atoms with Gasteiger partial charge < -0.3 is 14.4 Å². The number of halogens is 4. The highest BCUT2D eigenvalue weighted by atomic mass is 32.2. The minimum atomic E-state index is -4.42. The Kier molecular flexibility index (Phi) is 12.4. The number of benzene rings is 2. The van der Waals surface area contributed by atoms with Gasteiger partial charge in [0, 0.05) is 43.3 Å². The highest BCUT2D eigenvalue weighted by Crippen LogP contribution is 2.30. The zero-order chi connectivity index (χ0) is 33.3. The summed E-state index contributed by atoms with van der Waals surface area (Å²) in [6.07, 6.45) is 0.629. The van der Waals surface area contributed by atoms with Crippen LogP contribution in [0.3, 0.4) is 0 Å². The predicted molar refractivity (Wildman–Crippen MR) is 174 cm³/mol. The van der Waals surface area contributed by atoms with Gasteiger partial charge in [0.2, 0.25) is 5.91 Å². The van der Waals surface area contributed by atoms with Crippen molar-refractivity contribution in [2.24, 2.45) is 0 Å². The molecule has 0 aliphatic rings. The molecule has 13 heteroatoms. The van der Waals surface area contributed by atoms with E-state index in [4.69, 9.17) is 0 Å². The number of pyridine rings is 1. The first-order valence-electron chi connectivity index (χ1n) is 14.7. The van der Waals surface area contributed by atoms with E-state index in [0.29, 0.717) is 40.2 Å². The first kappa shape index (κ1) is 35.2.